The van der Waals surface area contributed by atoms with Gasteiger partial charge in [0.2, 0.25) is 0 Å². The summed E-state index contributed by atoms with van der Waals surface area (Å²) in [7, 11) is 2.12. The molecule has 0 spiro atoms. The van der Waals surface area contributed by atoms with E-state index in [4.69, 9.17) is 5.41 Å². The number of hydrogen-bond donors (Lipinski definition) is 1. The highest BCUT2D eigenvalue weighted by atomic mass is 127. The number of halogens is 1. The lowest BCUT2D eigenvalue weighted by atomic mass is 10.1. The fraction of sp³-hybridized carbons (Fsp3) is 0.500. The minimum Gasteiger partial charge on any atom is -0.362 e. The Morgan fingerprint density at radius 3 is 2.53 bits per heavy atom. The zero-order valence-electron chi connectivity index (χ0n) is 12.2. The van der Waals surface area contributed by atoms with E-state index in [0.717, 1.165) is 17.7 Å². The molecular weight excluding hydrogens is 351 g/mol. The van der Waals surface area contributed by atoms with Gasteiger partial charge in [0.25, 0.3) is 0 Å². The fourth-order valence-corrected chi connectivity index (χ4v) is 2.13. The summed E-state index contributed by atoms with van der Waals surface area (Å²) < 4.78 is 0.479. The molecule has 1 atom stereocenters. The summed E-state index contributed by atoms with van der Waals surface area (Å²) in [6.07, 6.45) is 1.10. The molecule has 19 heavy (non-hydrogen) atoms. The maximum Gasteiger partial charge on any atom is 0.140 e. The summed E-state index contributed by atoms with van der Waals surface area (Å²) in [5, 5.41) is 15.2. The van der Waals surface area contributed by atoms with Gasteiger partial charge in [-0.25, -0.2) is 0 Å². The molecule has 0 heterocycles. The van der Waals surface area contributed by atoms with E-state index in [0.29, 0.717) is 4.05 Å². The van der Waals surface area contributed by atoms with E-state index in [2.05, 4.69) is 64.7 Å². The van der Waals surface area contributed by atoms with Crippen LogP contribution in [-0.4, -0.2) is 16.9 Å². The number of aryl methyl sites for hydroxylation is 2. The van der Waals surface area contributed by atoms with Gasteiger partial charge in [-0.15, -0.1) is 10.2 Å². The number of azo groups is 1. The molecule has 0 aliphatic heterocycles. The van der Waals surface area contributed by atoms with Crippen LogP contribution in [-0.2, 0) is 0 Å². The molecule has 0 aliphatic carbocycles. The second-order valence-corrected chi connectivity index (χ2v) is 6.10. The Kier molecular flexibility index (Phi) is 5.90. The van der Waals surface area contributed by atoms with Crippen molar-refractivity contribution in [3.8, 4) is 0 Å². The molecule has 1 rings (SSSR count). The summed E-state index contributed by atoms with van der Waals surface area (Å²) in [5.74, 6) is 0.219. The monoisotopic (exact) mass is 372 g/mol. The lowest BCUT2D eigenvalue weighted by molar-refractivity contribution is 0.821. The van der Waals surface area contributed by atoms with Crippen molar-refractivity contribution in [3.05, 3.63) is 23.3 Å². The van der Waals surface area contributed by atoms with Crippen molar-refractivity contribution in [1.29, 1.82) is 5.41 Å². The highest BCUT2D eigenvalue weighted by molar-refractivity contribution is 14.1. The Morgan fingerprint density at radius 1 is 1.37 bits per heavy atom. The average Bonchev–Trinajstić information content (AvgIpc) is 2.37. The predicted molar refractivity (Wildman–Crippen MR) is 90.3 cm³/mol. The van der Waals surface area contributed by atoms with Crippen molar-refractivity contribution >= 4 is 39.8 Å². The fourth-order valence-electron chi connectivity index (χ4n) is 1.83. The maximum absolute atomic E-state index is 7.29. The van der Waals surface area contributed by atoms with Crippen LogP contribution in [0.2, 0.25) is 0 Å². The highest BCUT2D eigenvalue weighted by Crippen LogP contribution is 2.31. The molecule has 104 valence electrons. The third-order valence-electron chi connectivity index (χ3n) is 2.96. The van der Waals surface area contributed by atoms with Crippen LogP contribution in [0, 0.1) is 19.3 Å². The molecule has 0 fully saturated rings. The van der Waals surface area contributed by atoms with Gasteiger partial charge < -0.3 is 4.90 Å². The normalized spacial score (nSPS) is 12.7. The molecule has 1 aromatic carbocycles. The number of alkyl halides is 1. The Bertz CT molecular complexity index is 496. The molecular formula is C14H21IN4. The zero-order chi connectivity index (χ0) is 14.6. The average molecular weight is 372 g/mol. The van der Waals surface area contributed by atoms with Gasteiger partial charge in [0.1, 0.15) is 5.84 Å². The van der Waals surface area contributed by atoms with Crippen molar-refractivity contribution < 1.29 is 0 Å². The molecule has 0 amide bonds. The molecule has 0 aliphatic rings. The Balaban J connectivity index is 3.13. The molecule has 1 N–H and O–H groups in total. The molecule has 1 unspecified atom stereocenters. The first-order valence-corrected chi connectivity index (χ1v) is 7.56. The maximum atomic E-state index is 7.29. The molecule has 0 bridgehead atoms. The van der Waals surface area contributed by atoms with Gasteiger partial charge in [0.15, 0.2) is 0 Å². The minimum absolute atomic E-state index is 0.219. The van der Waals surface area contributed by atoms with Gasteiger partial charge in [-0.1, -0.05) is 29.5 Å². The Hall–Kier alpha value is -0.980. The van der Waals surface area contributed by atoms with Crippen LogP contribution < -0.4 is 4.90 Å². The van der Waals surface area contributed by atoms with Gasteiger partial charge in [0.05, 0.1) is 9.74 Å². The van der Waals surface area contributed by atoms with E-state index in [1.54, 1.807) is 6.92 Å². The number of rotatable bonds is 4. The first kappa shape index (κ1) is 16.1. The van der Waals surface area contributed by atoms with Gasteiger partial charge in [-0.05, 0) is 50.5 Å². The summed E-state index contributed by atoms with van der Waals surface area (Å²) >= 11 is 2.45. The van der Waals surface area contributed by atoms with Crippen molar-refractivity contribution in [2.45, 2.75) is 38.2 Å². The zero-order valence-corrected chi connectivity index (χ0v) is 14.3. The predicted octanol–water partition coefficient (Wildman–Crippen LogP) is 4.99. The number of nitrogens with zero attached hydrogens (tertiary/aromatic N) is 3. The van der Waals surface area contributed by atoms with E-state index in [-0.39, 0.29) is 5.84 Å². The first-order chi connectivity index (χ1) is 8.86. The Labute approximate surface area is 129 Å². The number of anilines is 1. The van der Waals surface area contributed by atoms with Gasteiger partial charge >= 0.3 is 0 Å². The molecule has 1 aromatic rings. The van der Waals surface area contributed by atoms with Crippen molar-refractivity contribution in [2.75, 3.05) is 11.9 Å². The summed E-state index contributed by atoms with van der Waals surface area (Å²) in [6, 6.07) is 4.18. The first-order valence-electron chi connectivity index (χ1n) is 6.31. The summed E-state index contributed by atoms with van der Waals surface area (Å²) in [5.41, 5.74) is 4.32. The second-order valence-electron chi connectivity index (χ2n) is 4.66. The number of amidine groups is 1. The van der Waals surface area contributed by atoms with E-state index in [1.165, 1.54) is 11.3 Å². The minimum atomic E-state index is 0.219. The quantitative estimate of drug-likeness (QED) is 0.199. The SMILES string of the molecule is CCC(I)N(C)c1cc(C)c(N=NC(C)=N)cc1C. The standard InChI is InChI=1S/C14H21IN4/c1-6-14(15)19(5)13-8-9(2)12(7-10(13)3)18-17-11(4)16/h7-8,14,16H,6H2,1-5H3. The van der Waals surface area contributed by atoms with E-state index >= 15 is 0 Å². The van der Waals surface area contributed by atoms with Crippen molar-refractivity contribution in [3.63, 3.8) is 0 Å². The number of nitrogens with one attached hydrogen (secondary N) is 1. The molecule has 5 heteroatoms. The lowest BCUT2D eigenvalue weighted by Gasteiger charge is -2.27. The van der Waals surface area contributed by atoms with Crippen molar-refractivity contribution in [1.82, 2.24) is 0 Å². The van der Waals surface area contributed by atoms with Crippen LogP contribution in [0.1, 0.15) is 31.4 Å². The van der Waals surface area contributed by atoms with E-state index in [9.17, 15) is 0 Å². The largest absolute Gasteiger partial charge is 0.362 e. The van der Waals surface area contributed by atoms with Crippen LogP contribution in [0.4, 0.5) is 11.4 Å². The van der Waals surface area contributed by atoms with Gasteiger partial charge in [-0.2, -0.15) is 0 Å². The van der Waals surface area contributed by atoms with Gasteiger partial charge in [-0.3, -0.25) is 5.41 Å². The molecule has 0 saturated carbocycles. The van der Waals surface area contributed by atoms with Crippen LogP contribution in [0.3, 0.4) is 0 Å². The highest BCUT2D eigenvalue weighted by Gasteiger charge is 2.13. The second kappa shape index (κ2) is 6.98. The molecule has 0 saturated heterocycles. The summed E-state index contributed by atoms with van der Waals surface area (Å²) in [4.78, 5) is 2.28. The van der Waals surface area contributed by atoms with Crippen LogP contribution in [0.15, 0.2) is 22.4 Å². The lowest BCUT2D eigenvalue weighted by Crippen LogP contribution is -2.26. The molecule has 0 radical (unpaired) electrons. The summed E-state index contributed by atoms with van der Waals surface area (Å²) in [6.45, 7) is 7.92. The van der Waals surface area contributed by atoms with Crippen molar-refractivity contribution in [2.24, 2.45) is 10.2 Å². The van der Waals surface area contributed by atoms with E-state index < -0.39 is 0 Å². The smallest absolute Gasteiger partial charge is 0.140 e. The molecule has 4 nitrogen and oxygen atoms in total. The van der Waals surface area contributed by atoms with Gasteiger partial charge in [0, 0.05) is 12.7 Å². The number of benzene rings is 1. The van der Waals surface area contributed by atoms with Crippen LogP contribution >= 0.6 is 22.6 Å². The van der Waals surface area contributed by atoms with Crippen LogP contribution in [0.5, 0.6) is 0 Å². The third kappa shape index (κ3) is 4.26. The Morgan fingerprint density at radius 2 is 2.00 bits per heavy atom. The molecule has 0 aromatic heterocycles. The third-order valence-corrected chi connectivity index (χ3v) is 4.68. The topological polar surface area (TPSA) is 51.8 Å². The van der Waals surface area contributed by atoms with Crippen LogP contribution in [0.25, 0.3) is 0 Å². The number of hydrogen-bond acceptors (Lipinski definition) is 3. The van der Waals surface area contributed by atoms with E-state index in [1.807, 2.05) is 13.0 Å².